The molecule has 0 saturated carbocycles. The van der Waals surface area contributed by atoms with E-state index in [1.165, 1.54) is 0 Å². The molecule has 2 nitrogen and oxygen atoms in total. The fourth-order valence-corrected chi connectivity index (χ4v) is 2.55. The maximum Gasteiger partial charge on any atom is 0.138 e. The van der Waals surface area contributed by atoms with Crippen molar-refractivity contribution in [2.45, 2.75) is 20.4 Å². The van der Waals surface area contributed by atoms with E-state index >= 15 is 0 Å². The highest BCUT2D eigenvalue weighted by Gasteiger charge is 2.19. The number of methoxy groups -OCH3 is 1. The van der Waals surface area contributed by atoms with Crippen LogP contribution in [0.2, 0.25) is 0 Å². The normalized spacial score (nSPS) is 12.3. The van der Waals surface area contributed by atoms with Gasteiger partial charge in [0.25, 0.3) is 0 Å². The maximum atomic E-state index is 13.4. The molecule has 0 saturated heterocycles. The largest absolute Gasteiger partial charge is 0.384 e. The van der Waals surface area contributed by atoms with Crippen molar-refractivity contribution in [1.29, 1.82) is 0 Å². The number of rotatable bonds is 4. The molecule has 0 aliphatic carbocycles. The lowest BCUT2D eigenvalue weighted by molar-refractivity contribution is 0.0928. The first kappa shape index (κ1) is 13.6. The summed E-state index contributed by atoms with van der Waals surface area (Å²) >= 11 is 3.23. The van der Waals surface area contributed by atoms with Gasteiger partial charge in [0.05, 0.1) is 11.1 Å². The Morgan fingerprint density at radius 2 is 2.11 bits per heavy atom. The van der Waals surface area contributed by atoms with Crippen molar-refractivity contribution in [3.63, 3.8) is 0 Å². The smallest absolute Gasteiger partial charge is 0.138 e. The average Bonchev–Trinajstić information content (AvgIpc) is 2.61. The molecule has 0 atom stereocenters. The number of ether oxygens (including phenoxy) is 1. The van der Waals surface area contributed by atoms with E-state index in [4.69, 9.17) is 4.74 Å². The highest BCUT2D eigenvalue weighted by molar-refractivity contribution is 9.10. The van der Waals surface area contributed by atoms with E-state index < -0.39 is 0 Å². The molecule has 1 aromatic heterocycles. The van der Waals surface area contributed by atoms with Crippen molar-refractivity contribution in [3.05, 3.63) is 34.7 Å². The maximum absolute atomic E-state index is 13.4. The lowest BCUT2D eigenvalue weighted by atomic mass is 9.95. The van der Waals surface area contributed by atoms with Gasteiger partial charge in [0.1, 0.15) is 5.82 Å². The minimum absolute atomic E-state index is 0.0432. The van der Waals surface area contributed by atoms with Gasteiger partial charge in [-0.3, -0.25) is 0 Å². The number of benzene rings is 1. The van der Waals surface area contributed by atoms with Crippen molar-refractivity contribution in [1.82, 2.24) is 4.57 Å². The number of aromatic nitrogens is 1. The summed E-state index contributed by atoms with van der Waals surface area (Å²) < 4.78 is 21.3. The Hall–Kier alpha value is -0.870. The van der Waals surface area contributed by atoms with E-state index in [9.17, 15) is 4.39 Å². The lowest BCUT2D eigenvalue weighted by Crippen LogP contribution is -2.24. The Kier molecular flexibility index (Phi) is 3.78. The van der Waals surface area contributed by atoms with E-state index in [0.29, 0.717) is 11.1 Å². The predicted molar refractivity (Wildman–Crippen MR) is 75.3 cm³/mol. The zero-order chi connectivity index (χ0) is 13.3. The second-order valence-corrected chi connectivity index (χ2v) is 6.22. The molecule has 18 heavy (non-hydrogen) atoms. The van der Waals surface area contributed by atoms with Crippen LogP contribution in [0.5, 0.6) is 0 Å². The fourth-order valence-electron chi connectivity index (χ4n) is 2.22. The van der Waals surface area contributed by atoms with Gasteiger partial charge >= 0.3 is 0 Å². The zero-order valence-electron chi connectivity index (χ0n) is 10.8. The third-order valence-corrected chi connectivity index (χ3v) is 3.55. The Labute approximate surface area is 115 Å². The van der Waals surface area contributed by atoms with Gasteiger partial charge in [-0.05, 0) is 34.1 Å². The van der Waals surface area contributed by atoms with Gasteiger partial charge in [-0.25, -0.2) is 4.39 Å². The molecule has 2 rings (SSSR count). The van der Waals surface area contributed by atoms with Gasteiger partial charge in [0.2, 0.25) is 0 Å². The van der Waals surface area contributed by atoms with Crippen molar-refractivity contribution in [3.8, 4) is 0 Å². The van der Waals surface area contributed by atoms with Crippen molar-refractivity contribution in [2.24, 2.45) is 5.41 Å². The molecular weight excluding hydrogens is 297 g/mol. The van der Waals surface area contributed by atoms with Crippen LogP contribution in [0, 0.1) is 11.2 Å². The predicted octanol–water partition coefficient (Wildman–Crippen LogP) is 4.22. The van der Waals surface area contributed by atoms with Crippen LogP contribution >= 0.6 is 15.9 Å². The first-order valence-electron chi connectivity index (χ1n) is 5.86. The van der Waals surface area contributed by atoms with Gasteiger partial charge in [-0.1, -0.05) is 13.8 Å². The molecule has 0 bridgehead atoms. The monoisotopic (exact) mass is 313 g/mol. The summed E-state index contributed by atoms with van der Waals surface area (Å²) in [5, 5.41) is 0.920. The van der Waals surface area contributed by atoms with Crippen LogP contribution < -0.4 is 0 Å². The van der Waals surface area contributed by atoms with Gasteiger partial charge in [0, 0.05) is 36.2 Å². The molecule has 98 valence electrons. The first-order chi connectivity index (χ1) is 8.43. The molecule has 0 N–H and O–H groups in total. The topological polar surface area (TPSA) is 14.2 Å². The molecule has 0 aliphatic rings. The van der Waals surface area contributed by atoms with E-state index in [2.05, 4.69) is 34.3 Å². The summed E-state index contributed by atoms with van der Waals surface area (Å²) in [5.41, 5.74) is 1.08. The molecule has 0 radical (unpaired) electrons. The van der Waals surface area contributed by atoms with E-state index in [-0.39, 0.29) is 11.2 Å². The van der Waals surface area contributed by atoms with Crippen LogP contribution in [0.15, 0.2) is 28.9 Å². The molecule has 0 fully saturated rings. The minimum Gasteiger partial charge on any atom is -0.384 e. The summed E-state index contributed by atoms with van der Waals surface area (Å²) in [6.45, 7) is 5.83. The number of fused-ring (bicyclic) bond motifs is 1. The van der Waals surface area contributed by atoms with Crippen molar-refractivity contribution in [2.75, 3.05) is 13.7 Å². The fraction of sp³-hybridized carbons (Fsp3) is 0.429. The van der Waals surface area contributed by atoms with Crippen LogP contribution in [-0.2, 0) is 11.3 Å². The lowest BCUT2D eigenvalue weighted by Gasteiger charge is -2.24. The average molecular weight is 314 g/mol. The quantitative estimate of drug-likeness (QED) is 0.824. The number of hydrogen-bond donors (Lipinski definition) is 0. The van der Waals surface area contributed by atoms with Crippen LogP contribution in [0.1, 0.15) is 13.8 Å². The SMILES string of the molecule is COCC(C)(C)Cn1ccc2cc(F)c(Br)cc21. The second kappa shape index (κ2) is 5.02. The third kappa shape index (κ3) is 2.75. The third-order valence-electron chi connectivity index (χ3n) is 2.95. The second-order valence-electron chi connectivity index (χ2n) is 5.37. The van der Waals surface area contributed by atoms with Crippen LogP contribution in [0.4, 0.5) is 4.39 Å². The molecule has 4 heteroatoms. The number of hydrogen-bond acceptors (Lipinski definition) is 1. The highest BCUT2D eigenvalue weighted by Crippen LogP contribution is 2.27. The minimum atomic E-state index is -0.226. The first-order valence-corrected chi connectivity index (χ1v) is 6.65. The summed E-state index contributed by atoms with van der Waals surface area (Å²) in [6, 6.07) is 5.32. The number of halogens is 2. The Balaban J connectivity index is 2.37. The Bertz CT molecular complexity index is 562. The Morgan fingerprint density at radius 3 is 2.78 bits per heavy atom. The molecule has 0 aliphatic heterocycles. The molecule has 1 aromatic carbocycles. The van der Waals surface area contributed by atoms with Gasteiger partial charge < -0.3 is 9.30 Å². The molecule has 0 amide bonds. The van der Waals surface area contributed by atoms with Crippen LogP contribution in [0.3, 0.4) is 0 Å². The molecule has 0 spiro atoms. The Morgan fingerprint density at radius 1 is 1.39 bits per heavy atom. The van der Waals surface area contributed by atoms with Gasteiger partial charge in [0.15, 0.2) is 0 Å². The summed E-state index contributed by atoms with van der Waals surface area (Å²) in [4.78, 5) is 0. The molecule has 2 aromatic rings. The molecular formula is C14H17BrFNO. The van der Waals surface area contributed by atoms with Crippen LogP contribution in [-0.4, -0.2) is 18.3 Å². The van der Waals surface area contributed by atoms with E-state index in [1.807, 2.05) is 18.3 Å². The summed E-state index contributed by atoms with van der Waals surface area (Å²) in [7, 11) is 1.71. The van der Waals surface area contributed by atoms with Crippen LogP contribution in [0.25, 0.3) is 10.9 Å². The number of nitrogens with zero attached hydrogens (tertiary/aromatic N) is 1. The van der Waals surface area contributed by atoms with Crippen molar-refractivity contribution < 1.29 is 9.13 Å². The summed E-state index contributed by atoms with van der Waals surface area (Å²) in [5.74, 6) is -0.226. The highest BCUT2D eigenvalue weighted by atomic mass is 79.9. The van der Waals surface area contributed by atoms with E-state index in [1.54, 1.807) is 13.2 Å². The molecule has 1 heterocycles. The summed E-state index contributed by atoms with van der Waals surface area (Å²) in [6.07, 6.45) is 1.99. The standard InChI is InChI=1S/C14H17BrFNO/c1-14(2,9-18-3)8-17-5-4-10-6-12(16)11(15)7-13(10)17/h4-7H,8-9H2,1-3H3. The van der Waals surface area contributed by atoms with Gasteiger partial charge in [-0.15, -0.1) is 0 Å². The van der Waals surface area contributed by atoms with E-state index in [0.717, 1.165) is 17.4 Å². The van der Waals surface area contributed by atoms with Crippen molar-refractivity contribution >= 4 is 26.8 Å². The molecule has 0 unspecified atom stereocenters. The van der Waals surface area contributed by atoms with Gasteiger partial charge in [-0.2, -0.15) is 0 Å². The zero-order valence-corrected chi connectivity index (χ0v) is 12.4.